The Labute approximate surface area is 212 Å². The molecule has 3 aromatic rings. The zero-order chi connectivity index (χ0) is 25.4. The van der Waals surface area contributed by atoms with Crippen molar-refractivity contribution in [3.05, 3.63) is 95.3 Å². The number of pyridine rings is 1. The van der Waals surface area contributed by atoms with Crippen LogP contribution in [0.2, 0.25) is 5.02 Å². The summed E-state index contributed by atoms with van der Waals surface area (Å²) in [6, 6.07) is 17.1. The summed E-state index contributed by atoms with van der Waals surface area (Å²) in [6.45, 7) is 3.67. The van der Waals surface area contributed by atoms with E-state index < -0.39 is 10.0 Å². The molecule has 1 aromatic heterocycles. The van der Waals surface area contributed by atoms with Crippen LogP contribution in [0.1, 0.15) is 44.2 Å². The first kappa shape index (κ1) is 26.4. The number of ether oxygens (including phenoxy) is 1. The van der Waals surface area contributed by atoms with Crippen LogP contribution in [0.3, 0.4) is 0 Å². The monoisotopic (exact) mass is 512 g/mol. The average Bonchev–Trinajstić information content (AvgIpc) is 2.85. The molecule has 0 amide bonds. The predicted molar refractivity (Wildman–Crippen MR) is 140 cm³/mol. The fourth-order valence-electron chi connectivity index (χ4n) is 3.74. The molecule has 0 atom stereocenters. The van der Waals surface area contributed by atoms with Crippen molar-refractivity contribution in [2.24, 2.45) is 0 Å². The molecule has 2 aromatic carbocycles. The molecule has 184 valence electrons. The number of unbranched alkanes of at least 4 members (excludes halogenated alkanes) is 1. The number of halogens is 1. The molecule has 8 heteroatoms. The molecule has 35 heavy (non-hydrogen) atoms. The molecule has 0 bridgehead atoms. The van der Waals surface area contributed by atoms with Crippen LogP contribution in [0, 0.1) is 0 Å². The molecule has 0 radical (unpaired) electrons. The molecule has 1 heterocycles. The molecule has 6 nitrogen and oxygen atoms in total. The molecular formula is C27H29ClN2O4S. The van der Waals surface area contributed by atoms with Gasteiger partial charge in [-0.15, -0.1) is 0 Å². The van der Waals surface area contributed by atoms with Crippen molar-refractivity contribution in [2.45, 2.75) is 44.0 Å². The first-order valence-electron chi connectivity index (χ1n) is 11.3. The molecule has 0 unspecified atom stereocenters. The highest BCUT2D eigenvalue weighted by atomic mass is 35.5. The lowest BCUT2D eigenvalue weighted by Gasteiger charge is -2.28. The van der Waals surface area contributed by atoms with E-state index in [4.69, 9.17) is 16.3 Å². The number of sulfonamides is 1. The molecule has 0 fully saturated rings. The lowest BCUT2D eigenvalue weighted by molar-refractivity contribution is -0.140. The molecule has 0 aliphatic rings. The number of methoxy groups -OCH3 is 1. The molecular weight excluding hydrogens is 484 g/mol. The molecule has 0 aliphatic carbocycles. The van der Waals surface area contributed by atoms with E-state index in [9.17, 15) is 13.2 Å². The summed E-state index contributed by atoms with van der Waals surface area (Å²) < 4.78 is 32.9. The Morgan fingerprint density at radius 2 is 1.74 bits per heavy atom. The van der Waals surface area contributed by atoms with Gasteiger partial charge in [0.1, 0.15) is 0 Å². The van der Waals surface area contributed by atoms with Gasteiger partial charge in [-0.05, 0) is 80.3 Å². The number of aromatic nitrogens is 1. The van der Waals surface area contributed by atoms with Gasteiger partial charge in [-0.2, -0.15) is 0 Å². The number of carbonyl (C=O) groups excluding carboxylic acids is 1. The highest BCUT2D eigenvalue weighted by molar-refractivity contribution is 7.92. The summed E-state index contributed by atoms with van der Waals surface area (Å²) in [5.41, 5.74) is 3.39. The van der Waals surface area contributed by atoms with Gasteiger partial charge in [-0.3, -0.25) is 14.1 Å². The van der Waals surface area contributed by atoms with E-state index in [0.29, 0.717) is 30.0 Å². The predicted octanol–water partition coefficient (Wildman–Crippen LogP) is 6.11. The van der Waals surface area contributed by atoms with Crippen LogP contribution in [-0.2, 0) is 19.6 Å². The highest BCUT2D eigenvalue weighted by Crippen LogP contribution is 2.30. The first-order valence-corrected chi connectivity index (χ1v) is 13.1. The standard InChI is InChI=1S/C27H29ClN2O4S/c1-20(2)30(35(32,33)25-16-12-23(28)13-17-25)24-14-10-21(11-15-24)26(22-7-6-18-29-19-22)8-4-5-9-27(31)34-3/h6-8,10-20H,4-5,9H2,1-3H3/b26-8-. The molecule has 0 N–H and O–H groups in total. The number of allylic oxidation sites excluding steroid dienone is 1. The number of nitrogens with zero attached hydrogens (tertiary/aromatic N) is 2. The quantitative estimate of drug-likeness (QED) is 0.242. The second kappa shape index (κ2) is 12.0. The fraction of sp³-hybridized carbons (Fsp3) is 0.259. The van der Waals surface area contributed by atoms with Crippen LogP contribution in [0.25, 0.3) is 5.57 Å². The lowest BCUT2D eigenvalue weighted by Crippen LogP contribution is -2.37. The van der Waals surface area contributed by atoms with Crippen molar-refractivity contribution in [1.82, 2.24) is 4.98 Å². The number of hydrogen-bond acceptors (Lipinski definition) is 5. The van der Waals surface area contributed by atoms with Gasteiger partial charge in [0.15, 0.2) is 0 Å². The van der Waals surface area contributed by atoms with E-state index in [2.05, 4.69) is 11.1 Å². The van der Waals surface area contributed by atoms with Crippen LogP contribution in [0.4, 0.5) is 5.69 Å². The third-order valence-corrected chi connectivity index (χ3v) is 7.68. The average molecular weight is 513 g/mol. The number of benzene rings is 2. The smallest absolute Gasteiger partial charge is 0.305 e. The SMILES string of the molecule is COC(=O)CCC/C=C(/c1ccc(N(C(C)C)S(=O)(=O)c2ccc(Cl)cc2)cc1)c1cccnc1. The van der Waals surface area contributed by atoms with E-state index in [1.54, 1.807) is 24.5 Å². The summed E-state index contributed by atoms with van der Waals surface area (Å²) in [6.07, 6.45) is 7.26. The maximum absolute atomic E-state index is 13.4. The Kier molecular flexibility index (Phi) is 9.07. The maximum atomic E-state index is 13.4. The van der Waals surface area contributed by atoms with Crippen molar-refractivity contribution >= 4 is 38.9 Å². The van der Waals surface area contributed by atoms with Crippen LogP contribution in [0.15, 0.2) is 84.0 Å². The van der Waals surface area contributed by atoms with E-state index >= 15 is 0 Å². The van der Waals surface area contributed by atoms with Gasteiger partial charge in [-0.25, -0.2) is 8.42 Å². The van der Waals surface area contributed by atoms with Crippen molar-refractivity contribution in [1.29, 1.82) is 0 Å². The van der Waals surface area contributed by atoms with E-state index in [0.717, 1.165) is 16.7 Å². The van der Waals surface area contributed by atoms with Crippen molar-refractivity contribution in [3.63, 3.8) is 0 Å². The largest absolute Gasteiger partial charge is 0.469 e. The van der Waals surface area contributed by atoms with Gasteiger partial charge in [0.2, 0.25) is 0 Å². The Morgan fingerprint density at radius 3 is 2.31 bits per heavy atom. The summed E-state index contributed by atoms with van der Waals surface area (Å²) >= 11 is 5.95. The van der Waals surface area contributed by atoms with E-state index in [-0.39, 0.29) is 16.9 Å². The summed E-state index contributed by atoms with van der Waals surface area (Å²) in [5, 5.41) is 0.478. The second-order valence-corrected chi connectivity index (χ2v) is 10.5. The van der Waals surface area contributed by atoms with Gasteiger partial charge in [0.25, 0.3) is 10.0 Å². The maximum Gasteiger partial charge on any atom is 0.305 e. The Morgan fingerprint density at radius 1 is 1.06 bits per heavy atom. The summed E-state index contributed by atoms with van der Waals surface area (Å²) in [5.74, 6) is -0.235. The molecule has 3 rings (SSSR count). The topological polar surface area (TPSA) is 76.6 Å². The highest BCUT2D eigenvalue weighted by Gasteiger charge is 2.27. The van der Waals surface area contributed by atoms with Gasteiger partial charge in [0.05, 0.1) is 17.7 Å². The molecule has 0 saturated heterocycles. The Balaban J connectivity index is 1.93. The second-order valence-electron chi connectivity index (χ2n) is 8.22. The van der Waals surface area contributed by atoms with Crippen LogP contribution in [0.5, 0.6) is 0 Å². The Hall–Kier alpha value is -3.16. The van der Waals surface area contributed by atoms with Crippen molar-refractivity contribution in [2.75, 3.05) is 11.4 Å². The number of esters is 1. The zero-order valence-electron chi connectivity index (χ0n) is 20.0. The van der Waals surface area contributed by atoms with E-state index in [1.807, 2.05) is 50.2 Å². The van der Waals surface area contributed by atoms with E-state index in [1.165, 1.54) is 23.5 Å². The minimum Gasteiger partial charge on any atom is -0.469 e. The van der Waals surface area contributed by atoms with Gasteiger partial charge in [-0.1, -0.05) is 35.9 Å². The third kappa shape index (κ3) is 6.71. The minimum atomic E-state index is -3.78. The van der Waals surface area contributed by atoms with Gasteiger partial charge < -0.3 is 4.74 Å². The number of anilines is 1. The van der Waals surface area contributed by atoms with Crippen molar-refractivity contribution in [3.8, 4) is 0 Å². The number of hydrogen-bond donors (Lipinski definition) is 0. The lowest BCUT2D eigenvalue weighted by atomic mass is 9.97. The van der Waals surface area contributed by atoms with Crippen molar-refractivity contribution < 1.29 is 17.9 Å². The number of carbonyl (C=O) groups is 1. The fourth-order valence-corrected chi connectivity index (χ4v) is 5.53. The van der Waals surface area contributed by atoms with Crippen LogP contribution in [-0.4, -0.2) is 32.5 Å². The summed E-state index contributed by atoms with van der Waals surface area (Å²) in [7, 11) is -2.39. The minimum absolute atomic E-state index is 0.182. The van der Waals surface area contributed by atoms with Gasteiger partial charge in [0, 0.05) is 35.4 Å². The number of rotatable bonds is 10. The molecule has 0 spiro atoms. The normalized spacial score (nSPS) is 12.0. The zero-order valence-corrected chi connectivity index (χ0v) is 21.6. The third-order valence-electron chi connectivity index (χ3n) is 5.41. The first-order chi connectivity index (χ1) is 16.7. The Bertz CT molecular complexity index is 1260. The van der Waals surface area contributed by atoms with Crippen LogP contribution < -0.4 is 4.31 Å². The molecule has 0 saturated carbocycles. The summed E-state index contributed by atoms with van der Waals surface area (Å²) in [4.78, 5) is 15.9. The van der Waals surface area contributed by atoms with Crippen LogP contribution >= 0.6 is 11.6 Å². The molecule has 0 aliphatic heterocycles. The van der Waals surface area contributed by atoms with Gasteiger partial charge >= 0.3 is 5.97 Å².